The Morgan fingerprint density at radius 3 is 1.08 bits per heavy atom. The summed E-state index contributed by atoms with van der Waals surface area (Å²) in [6.07, 6.45) is 63.3. The highest BCUT2D eigenvalue weighted by Gasteiger charge is 2.20. The zero-order chi connectivity index (χ0) is 43.0. The first-order valence-corrected chi connectivity index (χ1v) is 26.3. The number of nitrogens with one attached hydrogen (secondary N) is 1. The molecular weight excluding hydrogens is 727 g/mol. The van der Waals surface area contributed by atoms with Crippen LogP contribution in [0.2, 0.25) is 0 Å². The Morgan fingerprint density at radius 2 is 0.729 bits per heavy atom. The van der Waals surface area contributed by atoms with Crippen molar-refractivity contribution < 1.29 is 20.1 Å². The highest BCUT2D eigenvalue weighted by atomic mass is 16.3. The van der Waals surface area contributed by atoms with Gasteiger partial charge in [0.1, 0.15) is 0 Å². The maximum absolute atomic E-state index is 12.5. The number of rotatable bonds is 48. The fourth-order valence-corrected chi connectivity index (χ4v) is 8.12. The minimum absolute atomic E-state index is 0.00722. The van der Waals surface area contributed by atoms with E-state index in [2.05, 4.69) is 43.5 Å². The summed E-state index contributed by atoms with van der Waals surface area (Å²) in [5.74, 6) is -0.323. The fourth-order valence-electron chi connectivity index (χ4n) is 8.12. The first kappa shape index (κ1) is 57.6. The van der Waals surface area contributed by atoms with E-state index in [1.165, 1.54) is 218 Å². The summed E-state index contributed by atoms with van der Waals surface area (Å²) < 4.78 is 0. The van der Waals surface area contributed by atoms with Gasteiger partial charge in [-0.1, -0.05) is 249 Å². The average molecular weight is 830 g/mol. The second kappa shape index (κ2) is 49.2. The van der Waals surface area contributed by atoms with Gasteiger partial charge in [0.25, 0.3) is 0 Å². The van der Waals surface area contributed by atoms with Gasteiger partial charge in [-0.3, -0.25) is 4.79 Å². The fraction of sp³-hybridized carbons (Fsp3) is 0.870. The molecule has 0 heterocycles. The number of allylic oxidation sites excluding steroid dienone is 5. The van der Waals surface area contributed by atoms with Gasteiger partial charge in [0.15, 0.2) is 0 Å². The molecule has 0 aromatic rings. The summed E-state index contributed by atoms with van der Waals surface area (Å²) in [5, 5.41) is 33.3. The number of hydrogen-bond donors (Lipinski definition) is 4. The van der Waals surface area contributed by atoms with Gasteiger partial charge in [0, 0.05) is 0 Å². The van der Waals surface area contributed by atoms with Crippen molar-refractivity contribution in [2.45, 2.75) is 295 Å². The van der Waals surface area contributed by atoms with Crippen molar-refractivity contribution in [1.29, 1.82) is 0 Å². The Bertz CT molecular complexity index is 916. The monoisotopic (exact) mass is 830 g/mol. The second-order valence-electron chi connectivity index (χ2n) is 18.1. The molecule has 0 bridgehead atoms. The van der Waals surface area contributed by atoms with Gasteiger partial charge in [0.05, 0.1) is 31.3 Å². The predicted molar refractivity (Wildman–Crippen MR) is 259 cm³/mol. The number of amides is 1. The molecule has 5 heteroatoms. The van der Waals surface area contributed by atoms with Gasteiger partial charge in [-0.2, -0.15) is 0 Å². The van der Waals surface area contributed by atoms with E-state index < -0.39 is 18.2 Å². The van der Waals surface area contributed by atoms with Crippen molar-refractivity contribution >= 4 is 5.91 Å². The van der Waals surface area contributed by atoms with Crippen molar-refractivity contribution in [3.63, 3.8) is 0 Å². The lowest BCUT2D eigenvalue weighted by atomic mass is 10.0. The van der Waals surface area contributed by atoms with E-state index in [1.807, 2.05) is 6.08 Å². The van der Waals surface area contributed by atoms with Gasteiger partial charge >= 0.3 is 0 Å². The molecule has 0 aliphatic rings. The normalized spacial score (nSPS) is 13.6. The van der Waals surface area contributed by atoms with Crippen LogP contribution in [-0.4, -0.2) is 46.1 Å². The molecule has 348 valence electrons. The first-order chi connectivity index (χ1) is 29.0. The van der Waals surface area contributed by atoms with E-state index in [0.29, 0.717) is 6.42 Å². The molecular formula is C54H103NO4. The van der Waals surface area contributed by atoms with Crippen LogP contribution in [0.15, 0.2) is 36.5 Å². The summed E-state index contributed by atoms with van der Waals surface area (Å²) in [7, 11) is 0. The SMILES string of the molecule is CCCCCCCCCCC/C=C/CC/C=C/C(O)C(CO)NC(=O)CC(O)CCCCCCCCCCCCCCC/C=C\CCCCCCCCCCCCCC. The number of hydrogen-bond acceptors (Lipinski definition) is 4. The summed E-state index contributed by atoms with van der Waals surface area (Å²) in [5.41, 5.74) is 0. The van der Waals surface area contributed by atoms with Crippen molar-refractivity contribution in [3.8, 4) is 0 Å². The van der Waals surface area contributed by atoms with Gasteiger partial charge in [-0.15, -0.1) is 0 Å². The Morgan fingerprint density at radius 1 is 0.424 bits per heavy atom. The zero-order valence-electron chi connectivity index (χ0n) is 39.6. The molecule has 0 saturated carbocycles. The smallest absolute Gasteiger partial charge is 0.222 e. The Hall–Kier alpha value is -1.43. The molecule has 0 saturated heterocycles. The van der Waals surface area contributed by atoms with E-state index in [0.717, 1.165) is 32.1 Å². The molecule has 59 heavy (non-hydrogen) atoms. The highest BCUT2D eigenvalue weighted by Crippen LogP contribution is 2.16. The van der Waals surface area contributed by atoms with Crippen molar-refractivity contribution in [1.82, 2.24) is 5.32 Å². The molecule has 3 unspecified atom stereocenters. The minimum atomic E-state index is -0.951. The molecule has 4 N–H and O–H groups in total. The summed E-state index contributed by atoms with van der Waals surface area (Å²) in [6.45, 7) is 4.22. The molecule has 0 rings (SSSR count). The van der Waals surface area contributed by atoms with Crippen LogP contribution in [0.25, 0.3) is 0 Å². The standard InChI is InChI=1S/C54H103NO4/c1-3-5-7-9-11-13-15-17-19-20-21-22-23-24-25-26-27-28-29-30-31-32-34-35-37-39-41-43-45-47-51(57)49-54(59)55-52(50-56)53(58)48-46-44-42-40-38-36-33-18-16-14-12-10-8-6-4-2/h24-25,38,40,46,48,51-53,56-58H,3-23,26-37,39,41-45,47,49-50H2,1-2H3,(H,55,59)/b25-24-,40-38+,48-46+. The van der Waals surface area contributed by atoms with E-state index in [-0.39, 0.29) is 18.9 Å². The predicted octanol–water partition coefficient (Wildman–Crippen LogP) is 15.9. The summed E-state index contributed by atoms with van der Waals surface area (Å²) in [4.78, 5) is 12.5. The number of aliphatic hydroxyl groups excluding tert-OH is 3. The summed E-state index contributed by atoms with van der Waals surface area (Å²) >= 11 is 0. The molecule has 0 spiro atoms. The lowest BCUT2D eigenvalue weighted by Gasteiger charge is -2.21. The molecule has 5 nitrogen and oxygen atoms in total. The van der Waals surface area contributed by atoms with Gasteiger partial charge in [-0.05, 0) is 57.8 Å². The third kappa shape index (κ3) is 45.9. The molecule has 0 radical (unpaired) electrons. The Kier molecular flexibility index (Phi) is 48.0. The van der Waals surface area contributed by atoms with Crippen LogP contribution in [0, 0.1) is 0 Å². The molecule has 0 aliphatic heterocycles. The van der Waals surface area contributed by atoms with E-state index in [1.54, 1.807) is 6.08 Å². The molecule has 0 aromatic carbocycles. The van der Waals surface area contributed by atoms with Crippen LogP contribution in [0.4, 0.5) is 0 Å². The maximum atomic E-state index is 12.5. The number of aliphatic hydroxyl groups is 3. The molecule has 0 aromatic heterocycles. The Balaban J connectivity index is 3.56. The quantitative estimate of drug-likeness (QED) is 0.0363. The van der Waals surface area contributed by atoms with Crippen LogP contribution < -0.4 is 5.32 Å². The molecule has 3 atom stereocenters. The third-order valence-electron chi connectivity index (χ3n) is 12.1. The van der Waals surface area contributed by atoms with E-state index >= 15 is 0 Å². The van der Waals surface area contributed by atoms with Crippen LogP contribution in [0.3, 0.4) is 0 Å². The van der Waals surface area contributed by atoms with Gasteiger partial charge in [-0.25, -0.2) is 0 Å². The lowest BCUT2D eigenvalue weighted by Crippen LogP contribution is -2.45. The number of unbranched alkanes of at least 4 members (excludes halogenated alkanes) is 35. The largest absolute Gasteiger partial charge is 0.394 e. The van der Waals surface area contributed by atoms with Crippen LogP contribution >= 0.6 is 0 Å². The molecule has 1 amide bonds. The van der Waals surface area contributed by atoms with Crippen LogP contribution in [0.1, 0.15) is 277 Å². The molecule has 0 fully saturated rings. The average Bonchev–Trinajstić information content (AvgIpc) is 3.23. The Labute approximate surface area is 368 Å². The number of carbonyl (C=O) groups excluding carboxylic acids is 1. The minimum Gasteiger partial charge on any atom is -0.394 e. The lowest BCUT2D eigenvalue weighted by molar-refractivity contribution is -0.124. The van der Waals surface area contributed by atoms with E-state index in [4.69, 9.17) is 0 Å². The van der Waals surface area contributed by atoms with E-state index in [9.17, 15) is 20.1 Å². The topological polar surface area (TPSA) is 89.8 Å². The van der Waals surface area contributed by atoms with Crippen LogP contribution in [0.5, 0.6) is 0 Å². The maximum Gasteiger partial charge on any atom is 0.222 e. The highest BCUT2D eigenvalue weighted by molar-refractivity contribution is 5.76. The first-order valence-electron chi connectivity index (χ1n) is 26.3. The van der Waals surface area contributed by atoms with Gasteiger partial charge < -0.3 is 20.6 Å². The van der Waals surface area contributed by atoms with Crippen LogP contribution in [-0.2, 0) is 4.79 Å². The van der Waals surface area contributed by atoms with Crippen molar-refractivity contribution in [2.24, 2.45) is 0 Å². The van der Waals surface area contributed by atoms with Crippen molar-refractivity contribution in [2.75, 3.05) is 6.61 Å². The number of carbonyl (C=O) groups is 1. The second-order valence-corrected chi connectivity index (χ2v) is 18.1. The zero-order valence-corrected chi connectivity index (χ0v) is 39.6. The third-order valence-corrected chi connectivity index (χ3v) is 12.1. The summed E-state index contributed by atoms with van der Waals surface area (Å²) in [6, 6.07) is -0.760. The van der Waals surface area contributed by atoms with Crippen molar-refractivity contribution in [3.05, 3.63) is 36.5 Å². The van der Waals surface area contributed by atoms with Gasteiger partial charge in [0.2, 0.25) is 5.91 Å². The molecule has 0 aliphatic carbocycles.